The SMILES string of the molecule is COC(=O)c1cc(C(C)(C=O)N(C)C(=O)OC(C)(C)C)ccc1O. The smallest absolute Gasteiger partial charge is 0.411 e. The molecule has 0 saturated carbocycles. The lowest BCUT2D eigenvalue weighted by Gasteiger charge is -2.35. The molecular weight excluding hydrogens is 314 g/mol. The fourth-order valence-corrected chi connectivity index (χ4v) is 1.99. The van der Waals surface area contributed by atoms with Crippen molar-refractivity contribution in [3.63, 3.8) is 0 Å². The van der Waals surface area contributed by atoms with Crippen molar-refractivity contribution in [2.24, 2.45) is 0 Å². The van der Waals surface area contributed by atoms with Gasteiger partial charge in [0.05, 0.1) is 7.11 Å². The lowest BCUT2D eigenvalue weighted by atomic mass is 9.90. The Kier molecular flexibility index (Phi) is 5.60. The van der Waals surface area contributed by atoms with E-state index in [2.05, 4.69) is 4.74 Å². The largest absolute Gasteiger partial charge is 0.507 e. The molecule has 1 N–H and O–H groups in total. The minimum Gasteiger partial charge on any atom is -0.507 e. The summed E-state index contributed by atoms with van der Waals surface area (Å²) in [5.41, 5.74) is -1.87. The second-order valence-corrected chi connectivity index (χ2v) is 6.53. The maximum absolute atomic E-state index is 12.3. The number of esters is 1. The molecule has 24 heavy (non-hydrogen) atoms. The Hall–Kier alpha value is -2.57. The molecule has 1 aromatic carbocycles. The van der Waals surface area contributed by atoms with E-state index in [0.29, 0.717) is 11.8 Å². The molecule has 0 fully saturated rings. The first-order chi connectivity index (χ1) is 11.0. The normalized spacial score (nSPS) is 13.6. The van der Waals surface area contributed by atoms with Gasteiger partial charge in [0.25, 0.3) is 0 Å². The van der Waals surface area contributed by atoms with Crippen LogP contribution in [0, 0.1) is 0 Å². The van der Waals surface area contributed by atoms with E-state index in [1.807, 2.05) is 0 Å². The van der Waals surface area contributed by atoms with Crippen LogP contribution in [0.1, 0.15) is 43.6 Å². The molecule has 7 nitrogen and oxygen atoms in total. The molecule has 0 aliphatic carbocycles. The van der Waals surface area contributed by atoms with Crippen LogP contribution in [0.5, 0.6) is 5.75 Å². The first-order valence-corrected chi connectivity index (χ1v) is 7.31. The van der Waals surface area contributed by atoms with Gasteiger partial charge in [-0.15, -0.1) is 0 Å². The Morgan fingerprint density at radius 2 is 1.79 bits per heavy atom. The highest BCUT2D eigenvalue weighted by Gasteiger charge is 2.37. The molecule has 1 amide bonds. The van der Waals surface area contributed by atoms with Crippen LogP contribution in [-0.2, 0) is 19.8 Å². The van der Waals surface area contributed by atoms with Crippen LogP contribution >= 0.6 is 0 Å². The molecule has 132 valence electrons. The fourth-order valence-electron chi connectivity index (χ4n) is 1.99. The highest BCUT2D eigenvalue weighted by Crippen LogP contribution is 2.30. The van der Waals surface area contributed by atoms with Gasteiger partial charge in [0.15, 0.2) is 0 Å². The first-order valence-electron chi connectivity index (χ1n) is 7.31. The molecule has 1 aromatic rings. The van der Waals surface area contributed by atoms with Crippen LogP contribution in [0.15, 0.2) is 18.2 Å². The van der Waals surface area contributed by atoms with E-state index < -0.39 is 23.2 Å². The summed E-state index contributed by atoms with van der Waals surface area (Å²) < 4.78 is 9.88. The van der Waals surface area contributed by atoms with E-state index in [1.165, 1.54) is 39.3 Å². The molecule has 0 aromatic heterocycles. The number of benzene rings is 1. The van der Waals surface area contributed by atoms with Crippen molar-refractivity contribution in [2.75, 3.05) is 14.2 Å². The molecule has 1 rings (SSSR count). The lowest BCUT2D eigenvalue weighted by Crippen LogP contribution is -2.48. The second kappa shape index (κ2) is 6.90. The average Bonchev–Trinajstić information content (AvgIpc) is 2.51. The molecule has 0 heterocycles. The van der Waals surface area contributed by atoms with Crippen LogP contribution in [0.3, 0.4) is 0 Å². The van der Waals surface area contributed by atoms with Gasteiger partial charge in [-0.2, -0.15) is 0 Å². The number of carbonyl (C=O) groups excluding carboxylic acids is 3. The van der Waals surface area contributed by atoms with Gasteiger partial charge in [-0.3, -0.25) is 4.90 Å². The third kappa shape index (κ3) is 4.04. The zero-order chi connectivity index (χ0) is 18.7. The second-order valence-electron chi connectivity index (χ2n) is 6.53. The third-order valence-electron chi connectivity index (χ3n) is 3.58. The topological polar surface area (TPSA) is 93.1 Å². The molecule has 0 aliphatic heterocycles. The number of methoxy groups -OCH3 is 1. The number of rotatable bonds is 4. The summed E-state index contributed by atoms with van der Waals surface area (Å²) in [4.78, 5) is 36.9. The average molecular weight is 337 g/mol. The van der Waals surface area contributed by atoms with Crippen molar-refractivity contribution in [1.82, 2.24) is 4.90 Å². The number of ether oxygens (including phenoxy) is 2. The Balaban J connectivity index is 3.30. The predicted molar refractivity (Wildman–Crippen MR) is 86.9 cm³/mol. The van der Waals surface area contributed by atoms with Crippen molar-refractivity contribution in [2.45, 2.75) is 38.8 Å². The van der Waals surface area contributed by atoms with E-state index >= 15 is 0 Å². The van der Waals surface area contributed by atoms with Gasteiger partial charge in [-0.1, -0.05) is 6.07 Å². The number of nitrogens with zero attached hydrogens (tertiary/aromatic N) is 1. The van der Waals surface area contributed by atoms with E-state index in [4.69, 9.17) is 4.74 Å². The summed E-state index contributed by atoms with van der Waals surface area (Å²) in [5, 5.41) is 9.78. The van der Waals surface area contributed by atoms with Crippen molar-refractivity contribution in [3.05, 3.63) is 29.3 Å². The number of hydrogen-bond donors (Lipinski definition) is 1. The van der Waals surface area contributed by atoms with E-state index in [9.17, 15) is 19.5 Å². The lowest BCUT2D eigenvalue weighted by molar-refractivity contribution is -0.117. The van der Waals surface area contributed by atoms with Crippen molar-refractivity contribution in [3.8, 4) is 5.75 Å². The minimum absolute atomic E-state index is 0.0966. The molecule has 0 aliphatic rings. The van der Waals surface area contributed by atoms with Gasteiger partial charge in [0, 0.05) is 7.05 Å². The maximum atomic E-state index is 12.3. The molecule has 0 saturated heterocycles. The third-order valence-corrected chi connectivity index (χ3v) is 3.58. The Morgan fingerprint density at radius 1 is 1.21 bits per heavy atom. The number of carbonyl (C=O) groups is 3. The van der Waals surface area contributed by atoms with Crippen LogP contribution in [0.4, 0.5) is 4.79 Å². The highest BCUT2D eigenvalue weighted by molar-refractivity contribution is 5.93. The summed E-state index contributed by atoms with van der Waals surface area (Å²) >= 11 is 0. The maximum Gasteiger partial charge on any atom is 0.411 e. The number of phenolic OH excluding ortho intramolecular Hbond substituents is 1. The fraction of sp³-hybridized carbons (Fsp3) is 0.471. The highest BCUT2D eigenvalue weighted by atomic mass is 16.6. The number of hydrogen-bond acceptors (Lipinski definition) is 6. The summed E-state index contributed by atoms with van der Waals surface area (Å²) in [6.07, 6.45) is -0.116. The van der Waals surface area contributed by atoms with Gasteiger partial charge in [0.2, 0.25) is 0 Å². The van der Waals surface area contributed by atoms with Crippen LogP contribution in [0.25, 0.3) is 0 Å². The summed E-state index contributed by atoms with van der Waals surface area (Å²) in [5.74, 6) is -1.03. The number of aldehydes is 1. The molecule has 0 radical (unpaired) electrons. The van der Waals surface area contributed by atoms with Crippen molar-refractivity contribution < 1.29 is 29.0 Å². The van der Waals surface area contributed by atoms with E-state index in [0.717, 1.165) is 4.90 Å². The zero-order valence-corrected chi connectivity index (χ0v) is 14.7. The Morgan fingerprint density at radius 3 is 2.25 bits per heavy atom. The monoisotopic (exact) mass is 337 g/mol. The van der Waals surface area contributed by atoms with Crippen LogP contribution in [-0.4, -0.2) is 48.1 Å². The number of aromatic hydroxyl groups is 1. The van der Waals surface area contributed by atoms with Gasteiger partial charge >= 0.3 is 12.1 Å². The summed E-state index contributed by atoms with van der Waals surface area (Å²) in [6, 6.07) is 4.04. The van der Waals surface area contributed by atoms with E-state index in [1.54, 1.807) is 20.8 Å². The van der Waals surface area contributed by atoms with Gasteiger partial charge in [-0.25, -0.2) is 9.59 Å². The number of amides is 1. The van der Waals surface area contributed by atoms with Crippen molar-refractivity contribution >= 4 is 18.3 Å². The molecule has 1 atom stereocenters. The number of likely N-dealkylation sites (N-methyl/N-ethyl adjacent to an activating group) is 1. The molecule has 7 heteroatoms. The standard InChI is InChI=1S/C17H23NO6/c1-16(2,3)24-15(22)18(5)17(4,10-19)11-7-8-13(20)12(9-11)14(21)23-6/h7-10,20H,1-6H3. The van der Waals surface area contributed by atoms with Gasteiger partial charge in [-0.05, 0) is 45.4 Å². The molecule has 0 spiro atoms. The van der Waals surface area contributed by atoms with Crippen LogP contribution in [0.2, 0.25) is 0 Å². The Labute approximate surface area is 141 Å². The van der Waals surface area contributed by atoms with Gasteiger partial charge in [0.1, 0.15) is 28.7 Å². The van der Waals surface area contributed by atoms with E-state index in [-0.39, 0.29) is 11.3 Å². The Bertz CT molecular complexity index is 649. The quantitative estimate of drug-likeness (QED) is 0.670. The predicted octanol–water partition coefficient (Wildman–Crippen LogP) is 2.46. The summed E-state index contributed by atoms with van der Waals surface area (Å²) in [7, 11) is 2.60. The molecule has 0 bridgehead atoms. The molecule has 1 unspecified atom stereocenters. The molecular formula is C17H23NO6. The van der Waals surface area contributed by atoms with Gasteiger partial charge < -0.3 is 19.4 Å². The minimum atomic E-state index is -1.39. The zero-order valence-electron chi connectivity index (χ0n) is 14.7. The first kappa shape index (κ1) is 19.5. The van der Waals surface area contributed by atoms with Crippen molar-refractivity contribution in [1.29, 1.82) is 0 Å². The summed E-state index contributed by atoms with van der Waals surface area (Å²) in [6.45, 7) is 6.66. The van der Waals surface area contributed by atoms with Crippen LogP contribution < -0.4 is 0 Å². The number of phenols is 1.